The first-order valence-corrected chi connectivity index (χ1v) is 8.14. The molecule has 1 aliphatic heterocycles. The van der Waals surface area contributed by atoms with Crippen molar-refractivity contribution in [2.24, 2.45) is 0 Å². The minimum absolute atomic E-state index is 0.128. The highest BCUT2D eigenvalue weighted by molar-refractivity contribution is 7.09. The van der Waals surface area contributed by atoms with Crippen molar-refractivity contribution in [2.45, 2.75) is 44.9 Å². The van der Waals surface area contributed by atoms with Crippen LogP contribution in [0.2, 0.25) is 0 Å². The molecule has 5 heteroatoms. The van der Waals surface area contributed by atoms with Crippen molar-refractivity contribution in [2.75, 3.05) is 20.1 Å². The molecule has 0 aliphatic carbocycles. The molecule has 2 heterocycles. The van der Waals surface area contributed by atoms with Crippen LogP contribution < -0.4 is 0 Å². The number of nitrogens with zero attached hydrogens (tertiary/aromatic N) is 2. The maximum atomic E-state index is 12.3. The molecule has 2 rings (SSSR count). The number of carbonyl (C=O) groups excluding carboxylic acids is 1. The molecule has 2 atom stereocenters. The van der Waals surface area contributed by atoms with Crippen molar-refractivity contribution in [3.63, 3.8) is 0 Å². The quantitative estimate of drug-likeness (QED) is 0.903. The highest BCUT2D eigenvalue weighted by Gasteiger charge is 2.28. The van der Waals surface area contributed by atoms with Gasteiger partial charge in [0.05, 0.1) is 19.2 Å². The average molecular weight is 296 g/mol. The van der Waals surface area contributed by atoms with E-state index in [1.54, 1.807) is 16.2 Å². The van der Waals surface area contributed by atoms with Crippen LogP contribution in [0.4, 0.5) is 0 Å². The van der Waals surface area contributed by atoms with E-state index < -0.39 is 0 Å². The average Bonchev–Trinajstić information content (AvgIpc) is 2.91. The van der Waals surface area contributed by atoms with E-state index in [1.807, 2.05) is 31.5 Å². The Labute approximate surface area is 125 Å². The van der Waals surface area contributed by atoms with Gasteiger partial charge in [-0.1, -0.05) is 12.5 Å². The van der Waals surface area contributed by atoms with Gasteiger partial charge in [0.2, 0.25) is 5.91 Å². The van der Waals surface area contributed by atoms with E-state index in [-0.39, 0.29) is 18.1 Å². The lowest BCUT2D eigenvalue weighted by Crippen LogP contribution is -2.49. The SMILES string of the molecule is CC(O)C1CCCCN1CC(=O)N(C)Cc1cccs1. The number of hydrogen-bond acceptors (Lipinski definition) is 4. The summed E-state index contributed by atoms with van der Waals surface area (Å²) in [6.07, 6.45) is 2.88. The maximum Gasteiger partial charge on any atom is 0.236 e. The Balaban J connectivity index is 1.88. The van der Waals surface area contributed by atoms with Crippen molar-refractivity contribution in [1.82, 2.24) is 9.80 Å². The minimum atomic E-state index is -0.370. The van der Waals surface area contributed by atoms with Crippen LogP contribution in [0.1, 0.15) is 31.1 Å². The van der Waals surface area contributed by atoms with Gasteiger partial charge in [-0.3, -0.25) is 9.69 Å². The number of likely N-dealkylation sites (N-methyl/N-ethyl adjacent to an activating group) is 1. The molecule has 1 N–H and O–H groups in total. The van der Waals surface area contributed by atoms with Crippen LogP contribution in [0.5, 0.6) is 0 Å². The molecule has 112 valence electrons. The number of piperidine rings is 1. The van der Waals surface area contributed by atoms with Gasteiger partial charge in [0.15, 0.2) is 0 Å². The summed E-state index contributed by atoms with van der Waals surface area (Å²) >= 11 is 1.67. The number of thiophene rings is 1. The summed E-state index contributed by atoms with van der Waals surface area (Å²) < 4.78 is 0. The van der Waals surface area contributed by atoms with Crippen LogP contribution in [-0.2, 0) is 11.3 Å². The number of amides is 1. The van der Waals surface area contributed by atoms with Crippen LogP contribution in [0.15, 0.2) is 17.5 Å². The second-order valence-corrected chi connectivity index (χ2v) is 6.64. The third-order valence-corrected chi connectivity index (χ3v) is 4.82. The van der Waals surface area contributed by atoms with Crippen molar-refractivity contribution >= 4 is 17.2 Å². The fourth-order valence-electron chi connectivity index (χ4n) is 2.78. The number of hydrogen-bond donors (Lipinski definition) is 1. The molecule has 0 saturated carbocycles. The summed E-state index contributed by atoms with van der Waals surface area (Å²) in [4.78, 5) is 17.4. The molecule has 1 aromatic heterocycles. The van der Waals surface area contributed by atoms with Gasteiger partial charge in [-0.15, -0.1) is 11.3 Å². The molecule has 1 saturated heterocycles. The second kappa shape index (κ2) is 7.20. The first kappa shape index (κ1) is 15.5. The zero-order chi connectivity index (χ0) is 14.5. The topological polar surface area (TPSA) is 43.8 Å². The predicted octanol–water partition coefficient (Wildman–Crippen LogP) is 1.94. The summed E-state index contributed by atoms with van der Waals surface area (Å²) in [6.45, 7) is 3.82. The molecule has 20 heavy (non-hydrogen) atoms. The van der Waals surface area contributed by atoms with Gasteiger partial charge in [0.1, 0.15) is 0 Å². The second-order valence-electron chi connectivity index (χ2n) is 5.60. The molecule has 0 spiro atoms. The molecule has 0 radical (unpaired) electrons. The van der Waals surface area contributed by atoms with Crippen LogP contribution in [0, 0.1) is 0 Å². The Hall–Kier alpha value is -0.910. The van der Waals surface area contributed by atoms with Crippen molar-refractivity contribution < 1.29 is 9.90 Å². The maximum absolute atomic E-state index is 12.3. The van der Waals surface area contributed by atoms with E-state index in [1.165, 1.54) is 4.88 Å². The van der Waals surface area contributed by atoms with Crippen molar-refractivity contribution in [3.05, 3.63) is 22.4 Å². The molecule has 2 unspecified atom stereocenters. The fraction of sp³-hybridized carbons (Fsp3) is 0.667. The third-order valence-electron chi connectivity index (χ3n) is 3.96. The smallest absolute Gasteiger partial charge is 0.236 e. The fourth-order valence-corrected chi connectivity index (χ4v) is 3.54. The number of likely N-dealkylation sites (tertiary alicyclic amines) is 1. The number of aliphatic hydroxyl groups excluding tert-OH is 1. The van der Waals surface area contributed by atoms with E-state index in [0.717, 1.165) is 25.8 Å². The number of rotatable bonds is 5. The van der Waals surface area contributed by atoms with E-state index in [2.05, 4.69) is 4.90 Å². The lowest BCUT2D eigenvalue weighted by Gasteiger charge is -2.37. The molecule has 1 fully saturated rings. The lowest BCUT2D eigenvalue weighted by atomic mass is 9.98. The van der Waals surface area contributed by atoms with Crippen LogP contribution in [-0.4, -0.2) is 53.1 Å². The highest BCUT2D eigenvalue weighted by Crippen LogP contribution is 2.20. The van der Waals surface area contributed by atoms with Gasteiger partial charge in [0.25, 0.3) is 0 Å². The van der Waals surface area contributed by atoms with Gasteiger partial charge in [-0.2, -0.15) is 0 Å². The monoisotopic (exact) mass is 296 g/mol. The standard InChI is InChI=1S/C15H24N2O2S/c1-12(18)14-7-3-4-8-17(14)11-15(19)16(2)10-13-6-5-9-20-13/h5-6,9,12,14,18H,3-4,7-8,10-11H2,1-2H3. The van der Waals surface area contributed by atoms with Crippen LogP contribution >= 0.6 is 11.3 Å². The largest absolute Gasteiger partial charge is 0.392 e. The highest BCUT2D eigenvalue weighted by atomic mass is 32.1. The Morgan fingerprint density at radius 3 is 3.05 bits per heavy atom. The Kier molecular flexibility index (Phi) is 5.57. The number of aliphatic hydroxyl groups is 1. The first-order valence-electron chi connectivity index (χ1n) is 7.26. The van der Waals surface area contributed by atoms with E-state index in [0.29, 0.717) is 13.1 Å². The predicted molar refractivity (Wildman–Crippen MR) is 81.7 cm³/mol. The van der Waals surface area contributed by atoms with Crippen LogP contribution in [0.25, 0.3) is 0 Å². The minimum Gasteiger partial charge on any atom is -0.392 e. The molecular formula is C15H24N2O2S. The summed E-state index contributed by atoms with van der Waals surface area (Å²) in [5.74, 6) is 0.131. The third kappa shape index (κ3) is 4.04. The first-order chi connectivity index (χ1) is 9.58. The van der Waals surface area contributed by atoms with Gasteiger partial charge in [-0.25, -0.2) is 0 Å². The Bertz CT molecular complexity index is 420. The molecule has 1 aromatic rings. The molecular weight excluding hydrogens is 272 g/mol. The summed E-state index contributed by atoms with van der Waals surface area (Å²) in [7, 11) is 1.85. The number of carbonyl (C=O) groups is 1. The zero-order valence-corrected chi connectivity index (χ0v) is 13.1. The van der Waals surface area contributed by atoms with Gasteiger partial charge in [-0.05, 0) is 37.8 Å². The molecule has 1 amide bonds. The van der Waals surface area contributed by atoms with Gasteiger partial charge >= 0.3 is 0 Å². The molecule has 0 aromatic carbocycles. The van der Waals surface area contributed by atoms with Gasteiger partial charge in [0, 0.05) is 18.0 Å². The summed E-state index contributed by atoms with van der Waals surface area (Å²) in [6, 6.07) is 4.18. The normalized spacial score (nSPS) is 21.6. The Morgan fingerprint density at radius 1 is 1.60 bits per heavy atom. The Morgan fingerprint density at radius 2 is 2.40 bits per heavy atom. The van der Waals surface area contributed by atoms with Gasteiger partial charge < -0.3 is 10.0 Å². The molecule has 1 aliphatic rings. The van der Waals surface area contributed by atoms with E-state index in [9.17, 15) is 9.90 Å². The van der Waals surface area contributed by atoms with E-state index >= 15 is 0 Å². The van der Waals surface area contributed by atoms with Crippen molar-refractivity contribution in [3.8, 4) is 0 Å². The molecule has 0 bridgehead atoms. The van der Waals surface area contributed by atoms with E-state index in [4.69, 9.17) is 0 Å². The molecule has 4 nitrogen and oxygen atoms in total. The summed E-state index contributed by atoms with van der Waals surface area (Å²) in [5, 5.41) is 11.9. The lowest BCUT2D eigenvalue weighted by molar-refractivity contribution is -0.133. The van der Waals surface area contributed by atoms with Crippen LogP contribution in [0.3, 0.4) is 0 Å². The van der Waals surface area contributed by atoms with Crippen molar-refractivity contribution in [1.29, 1.82) is 0 Å². The zero-order valence-electron chi connectivity index (χ0n) is 12.3. The summed E-state index contributed by atoms with van der Waals surface area (Å²) in [5.41, 5.74) is 0.